The fraction of sp³-hybridized carbons (Fsp3) is 0.167. The SMILES string of the molecule is COc1ccc(C2=NN(C(NC(=O)c3cccnc3)c3ccccc3)C(=O)SC2)cc1OC. The Hall–Kier alpha value is -3.85. The smallest absolute Gasteiger partial charge is 0.304 e. The van der Waals surface area contributed by atoms with E-state index in [1.165, 1.54) is 11.2 Å². The van der Waals surface area contributed by atoms with Gasteiger partial charge in [0.25, 0.3) is 5.91 Å². The van der Waals surface area contributed by atoms with Gasteiger partial charge in [0.1, 0.15) is 0 Å². The van der Waals surface area contributed by atoms with Crippen molar-refractivity contribution in [3.8, 4) is 11.5 Å². The minimum absolute atomic E-state index is 0.264. The van der Waals surface area contributed by atoms with E-state index in [-0.39, 0.29) is 11.1 Å². The normalized spacial score (nSPS) is 14.3. The van der Waals surface area contributed by atoms with Crippen molar-refractivity contribution in [3.05, 3.63) is 89.7 Å². The minimum Gasteiger partial charge on any atom is -0.493 e. The van der Waals surface area contributed by atoms with Crippen LogP contribution in [0.2, 0.25) is 0 Å². The molecule has 168 valence electrons. The Morgan fingerprint density at radius 2 is 1.85 bits per heavy atom. The second-order valence-electron chi connectivity index (χ2n) is 7.04. The molecule has 0 bridgehead atoms. The van der Waals surface area contributed by atoms with E-state index in [0.29, 0.717) is 28.5 Å². The summed E-state index contributed by atoms with van der Waals surface area (Å²) in [7, 11) is 3.13. The van der Waals surface area contributed by atoms with Crippen LogP contribution in [0.1, 0.15) is 27.7 Å². The third kappa shape index (κ3) is 4.98. The topological polar surface area (TPSA) is 93.1 Å². The maximum absolute atomic E-state index is 12.9. The summed E-state index contributed by atoms with van der Waals surface area (Å²) in [6, 6.07) is 18.1. The number of benzene rings is 2. The van der Waals surface area contributed by atoms with Crippen molar-refractivity contribution in [3.63, 3.8) is 0 Å². The lowest BCUT2D eigenvalue weighted by atomic mass is 10.1. The standard InChI is InChI=1S/C24H22N4O4S/c1-31-20-11-10-17(13-21(20)32-2)19-15-33-24(30)28(27-19)22(16-7-4-3-5-8-16)26-23(29)18-9-6-12-25-14-18/h3-14,22H,15H2,1-2H3,(H,26,29). The first-order chi connectivity index (χ1) is 16.1. The second-order valence-corrected chi connectivity index (χ2v) is 7.97. The van der Waals surface area contributed by atoms with Gasteiger partial charge in [-0.1, -0.05) is 42.1 Å². The number of amides is 2. The van der Waals surface area contributed by atoms with Crippen LogP contribution in [0, 0.1) is 0 Å². The van der Waals surface area contributed by atoms with E-state index in [4.69, 9.17) is 9.47 Å². The third-order valence-corrected chi connectivity index (χ3v) is 5.87. The molecule has 1 aromatic heterocycles. The van der Waals surface area contributed by atoms with Gasteiger partial charge >= 0.3 is 5.24 Å². The van der Waals surface area contributed by atoms with Crippen molar-refractivity contribution < 1.29 is 19.1 Å². The first-order valence-electron chi connectivity index (χ1n) is 10.1. The molecular formula is C24H22N4O4S. The van der Waals surface area contributed by atoms with Crippen LogP contribution < -0.4 is 14.8 Å². The van der Waals surface area contributed by atoms with Gasteiger partial charge in [0.05, 0.1) is 25.5 Å². The fourth-order valence-electron chi connectivity index (χ4n) is 3.34. The molecule has 1 aliphatic rings. The molecule has 2 amide bonds. The Balaban J connectivity index is 1.71. The van der Waals surface area contributed by atoms with Crippen molar-refractivity contribution in [2.45, 2.75) is 6.17 Å². The molecule has 1 aliphatic heterocycles. The van der Waals surface area contributed by atoms with E-state index in [1.54, 1.807) is 38.6 Å². The Morgan fingerprint density at radius 3 is 2.55 bits per heavy atom. The lowest BCUT2D eigenvalue weighted by Crippen LogP contribution is -2.43. The van der Waals surface area contributed by atoms with Crippen LogP contribution >= 0.6 is 11.8 Å². The fourth-order valence-corrected chi connectivity index (χ4v) is 4.10. The molecule has 1 N–H and O–H groups in total. The highest BCUT2D eigenvalue weighted by Gasteiger charge is 2.31. The van der Waals surface area contributed by atoms with Gasteiger partial charge in [0.2, 0.25) is 0 Å². The molecule has 3 aromatic rings. The molecule has 0 aliphatic carbocycles. The van der Waals surface area contributed by atoms with Crippen LogP contribution in [0.25, 0.3) is 0 Å². The van der Waals surface area contributed by atoms with E-state index >= 15 is 0 Å². The highest BCUT2D eigenvalue weighted by molar-refractivity contribution is 8.14. The zero-order valence-electron chi connectivity index (χ0n) is 18.1. The second kappa shape index (κ2) is 10.2. The van der Waals surface area contributed by atoms with Gasteiger partial charge in [-0.15, -0.1) is 0 Å². The molecule has 0 saturated heterocycles. The predicted octanol–water partition coefficient (Wildman–Crippen LogP) is 4.10. The molecule has 0 spiro atoms. The lowest BCUT2D eigenvalue weighted by Gasteiger charge is -2.31. The van der Waals surface area contributed by atoms with Crippen LogP contribution in [0.5, 0.6) is 11.5 Å². The average Bonchev–Trinajstić information content (AvgIpc) is 2.88. The first-order valence-corrected chi connectivity index (χ1v) is 11.1. The molecule has 0 radical (unpaired) electrons. The van der Waals surface area contributed by atoms with Gasteiger partial charge in [-0.05, 0) is 35.9 Å². The number of carbonyl (C=O) groups excluding carboxylic acids is 2. The maximum atomic E-state index is 12.9. The lowest BCUT2D eigenvalue weighted by molar-refractivity contribution is 0.0887. The van der Waals surface area contributed by atoms with Crippen LogP contribution in [-0.4, -0.2) is 46.8 Å². The van der Waals surface area contributed by atoms with Crippen molar-refractivity contribution in [2.75, 3.05) is 20.0 Å². The number of hydrogen-bond acceptors (Lipinski definition) is 7. The number of hydrazone groups is 1. The van der Waals surface area contributed by atoms with Crippen molar-refractivity contribution in [1.29, 1.82) is 0 Å². The molecular weight excluding hydrogens is 440 g/mol. The van der Waals surface area contributed by atoms with Gasteiger partial charge in [-0.2, -0.15) is 10.1 Å². The minimum atomic E-state index is -0.797. The molecule has 9 heteroatoms. The first kappa shape index (κ1) is 22.3. The van der Waals surface area contributed by atoms with E-state index in [0.717, 1.165) is 22.9 Å². The van der Waals surface area contributed by atoms with Crippen LogP contribution in [0.15, 0.2) is 78.2 Å². The van der Waals surface area contributed by atoms with Crippen LogP contribution in [-0.2, 0) is 0 Å². The van der Waals surface area contributed by atoms with E-state index in [2.05, 4.69) is 15.4 Å². The maximum Gasteiger partial charge on any atom is 0.304 e. The number of carbonyl (C=O) groups is 2. The molecule has 0 fully saturated rings. The summed E-state index contributed by atoms with van der Waals surface area (Å²) >= 11 is 1.12. The van der Waals surface area contributed by atoms with Gasteiger partial charge in [-0.25, -0.2) is 0 Å². The predicted molar refractivity (Wildman–Crippen MR) is 127 cm³/mol. The molecule has 1 unspecified atom stereocenters. The Labute approximate surface area is 195 Å². The number of ether oxygens (including phenoxy) is 2. The number of thioether (sulfide) groups is 1. The van der Waals surface area contributed by atoms with Crippen LogP contribution in [0.3, 0.4) is 0 Å². The van der Waals surface area contributed by atoms with Gasteiger partial charge < -0.3 is 14.8 Å². The largest absolute Gasteiger partial charge is 0.493 e. The van der Waals surface area contributed by atoms with Gasteiger partial charge in [0.15, 0.2) is 17.7 Å². The van der Waals surface area contributed by atoms with Crippen LogP contribution in [0.4, 0.5) is 4.79 Å². The Morgan fingerprint density at radius 1 is 1.06 bits per heavy atom. The quantitative estimate of drug-likeness (QED) is 0.568. The van der Waals surface area contributed by atoms with E-state index in [1.807, 2.05) is 42.5 Å². The number of hydrogen-bond donors (Lipinski definition) is 1. The summed E-state index contributed by atoms with van der Waals surface area (Å²) in [5, 5.41) is 8.61. The number of methoxy groups -OCH3 is 2. The molecule has 0 saturated carbocycles. The summed E-state index contributed by atoms with van der Waals surface area (Å²) in [6.07, 6.45) is 2.27. The number of nitrogens with zero attached hydrogens (tertiary/aromatic N) is 3. The summed E-state index contributed by atoms with van der Waals surface area (Å²) in [5.74, 6) is 1.20. The summed E-state index contributed by atoms with van der Waals surface area (Å²) in [4.78, 5) is 29.8. The van der Waals surface area contributed by atoms with Gasteiger partial charge in [0, 0.05) is 23.7 Å². The van der Waals surface area contributed by atoms with E-state index < -0.39 is 6.17 Å². The van der Waals surface area contributed by atoms with Crippen molar-refractivity contribution in [2.24, 2.45) is 5.10 Å². The highest BCUT2D eigenvalue weighted by Crippen LogP contribution is 2.32. The van der Waals surface area contributed by atoms with Crippen molar-refractivity contribution >= 4 is 28.6 Å². The summed E-state index contributed by atoms with van der Waals surface area (Å²) < 4.78 is 10.7. The molecule has 1 atom stereocenters. The zero-order valence-corrected chi connectivity index (χ0v) is 18.9. The van der Waals surface area contributed by atoms with E-state index in [9.17, 15) is 9.59 Å². The molecule has 33 heavy (non-hydrogen) atoms. The Bertz CT molecular complexity index is 1170. The molecule has 2 heterocycles. The number of nitrogens with one attached hydrogen (secondary N) is 1. The molecule has 8 nitrogen and oxygen atoms in total. The number of pyridine rings is 1. The summed E-state index contributed by atoms with van der Waals surface area (Å²) in [5.41, 5.74) is 2.58. The number of rotatable bonds is 7. The highest BCUT2D eigenvalue weighted by atomic mass is 32.2. The summed E-state index contributed by atoms with van der Waals surface area (Å²) in [6.45, 7) is 0. The van der Waals surface area contributed by atoms with Crippen molar-refractivity contribution in [1.82, 2.24) is 15.3 Å². The molecule has 4 rings (SSSR count). The third-order valence-electron chi connectivity index (χ3n) is 5.02. The number of aromatic nitrogens is 1. The average molecular weight is 463 g/mol. The molecule has 2 aromatic carbocycles. The zero-order chi connectivity index (χ0) is 23.2. The monoisotopic (exact) mass is 462 g/mol. The van der Waals surface area contributed by atoms with Gasteiger partial charge in [-0.3, -0.25) is 14.6 Å². The Kier molecular flexibility index (Phi) is 6.89.